The molecular formula is C15H16N2O3. The molecule has 1 rings (SSSR count). The third-order valence-corrected chi connectivity index (χ3v) is 2.53. The maximum Gasteiger partial charge on any atom is 0.269 e. The summed E-state index contributed by atoms with van der Waals surface area (Å²) in [7, 11) is 0. The van der Waals surface area contributed by atoms with Crippen molar-refractivity contribution in [2.75, 3.05) is 13.1 Å². The van der Waals surface area contributed by atoms with Gasteiger partial charge in [-0.3, -0.25) is 14.9 Å². The molecule has 0 aliphatic rings. The van der Waals surface area contributed by atoms with Crippen LogP contribution < -0.4 is 0 Å². The zero-order chi connectivity index (χ0) is 15.0. The van der Waals surface area contributed by atoms with E-state index in [0.717, 1.165) is 5.56 Å². The highest BCUT2D eigenvalue weighted by atomic mass is 16.6. The highest BCUT2D eigenvalue weighted by Gasteiger charge is 2.07. The minimum absolute atomic E-state index is 0.0217. The number of nitro benzene ring substituents is 1. The predicted molar refractivity (Wildman–Crippen MR) is 79.1 cm³/mol. The number of rotatable bonds is 7. The van der Waals surface area contributed by atoms with Crippen molar-refractivity contribution in [1.82, 2.24) is 4.90 Å². The van der Waals surface area contributed by atoms with Crippen LogP contribution in [0.1, 0.15) is 5.56 Å². The fraction of sp³-hybridized carbons (Fsp3) is 0.133. The van der Waals surface area contributed by atoms with E-state index in [2.05, 4.69) is 13.2 Å². The SMILES string of the molecule is C=CCN(CC=C)C(=O)C=Cc1ccc([N+](=O)[O-])cc1. The van der Waals surface area contributed by atoms with Crippen LogP contribution in [0.2, 0.25) is 0 Å². The van der Waals surface area contributed by atoms with Gasteiger partial charge in [-0.1, -0.05) is 12.2 Å². The number of benzene rings is 1. The Bertz CT molecular complexity index is 523. The minimum Gasteiger partial charge on any atom is -0.332 e. The van der Waals surface area contributed by atoms with Crippen molar-refractivity contribution in [3.63, 3.8) is 0 Å². The van der Waals surface area contributed by atoms with Crippen molar-refractivity contribution in [2.24, 2.45) is 0 Å². The number of nitrogens with zero attached hydrogens (tertiary/aromatic N) is 2. The molecule has 0 unspecified atom stereocenters. The van der Waals surface area contributed by atoms with Crippen LogP contribution in [0.4, 0.5) is 5.69 Å². The Morgan fingerprint density at radius 1 is 1.20 bits per heavy atom. The lowest BCUT2D eigenvalue weighted by atomic mass is 10.2. The Morgan fingerprint density at radius 3 is 2.20 bits per heavy atom. The number of nitro groups is 1. The molecule has 5 heteroatoms. The molecule has 1 aromatic carbocycles. The van der Waals surface area contributed by atoms with Gasteiger partial charge in [0.15, 0.2) is 0 Å². The molecule has 0 saturated heterocycles. The number of carbonyl (C=O) groups is 1. The smallest absolute Gasteiger partial charge is 0.269 e. The summed E-state index contributed by atoms with van der Waals surface area (Å²) in [5.41, 5.74) is 0.745. The summed E-state index contributed by atoms with van der Waals surface area (Å²) in [5, 5.41) is 10.5. The van der Waals surface area contributed by atoms with Crippen molar-refractivity contribution in [1.29, 1.82) is 0 Å². The molecule has 1 aromatic rings. The van der Waals surface area contributed by atoms with Gasteiger partial charge in [0.1, 0.15) is 0 Å². The second-order valence-corrected chi connectivity index (χ2v) is 4.00. The van der Waals surface area contributed by atoms with Crippen molar-refractivity contribution in [2.45, 2.75) is 0 Å². The van der Waals surface area contributed by atoms with E-state index in [4.69, 9.17) is 0 Å². The number of hydrogen-bond donors (Lipinski definition) is 0. The first kappa shape index (κ1) is 15.4. The first-order chi connectivity index (χ1) is 9.58. The molecule has 5 nitrogen and oxygen atoms in total. The molecule has 0 bridgehead atoms. The van der Waals surface area contributed by atoms with Crippen LogP contribution in [-0.2, 0) is 4.79 Å². The number of hydrogen-bond acceptors (Lipinski definition) is 3. The fourth-order valence-corrected chi connectivity index (χ4v) is 1.55. The molecule has 0 spiro atoms. The van der Waals surface area contributed by atoms with Crippen LogP contribution in [0.25, 0.3) is 6.08 Å². The third kappa shape index (κ3) is 4.53. The van der Waals surface area contributed by atoms with Gasteiger partial charge in [0.05, 0.1) is 4.92 Å². The molecule has 0 saturated carbocycles. The lowest BCUT2D eigenvalue weighted by Gasteiger charge is -2.16. The lowest BCUT2D eigenvalue weighted by molar-refractivity contribution is -0.384. The largest absolute Gasteiger partial charge is 0.332 e. The molecule has 0 fully saturated rings. The Labute approximate surface area is 117 Å². The lowest BCUT2D eigenvalue weighted by Crippen LogP contribution is -2.29. The van der Waals surface area contributed by atoms with Crippen molar-refractivity contribution >= 4 is 17.7 Å². The van der Waals surface area contributed by atoms with E-state index >= 15 is 0 Å². The van der Waals surface area contributed by atoms with Crippen LogP contribution in [0.3, 0.4) is 0 Å². The van der Waals surface area contributed by atoms with Crippen LogP contribution >= 0.6 is 0 Å². The monoisotopic (exact) mass is 272 g/mol. The van der Waals surface area contributed by atoms with E-state index in [-0.39, 0.29) is 11.6 Å². The Balaban J connectivity index is 2.74. The molecule has 104 valence electrons. The van der Waals surface area contributed by atoms with Gasteiger partial charge in [-0.05, 0) is 23.8 Å². The number of amides is 1. The molecule has 0 N–H and O–H groups in total. The minimum atomic E-state index is -0.464. The Kier molecular flexibility index (Phi) is 5.90. The van der Waals surface area contributed by atoms with Gasteiger partial charge in [-0.25, -0.2) is 0 Å². The highest BCUT2D eigenvalue weighted by molar-refractivity contribution is 5.92. The topological polar surface area (TPSA) is 63.5 Å². The normalized spacial score (nSPS) is 10.2. The molecule has 0 aliphatic heterocycles. The van der Waals surface area contributed by atoms with Crippen molar-refractivity contribution < 1.29 is 9.72 Å². The van der Waals surface area contributed by atoms with E-state index < -0.39 is 4.92 Å². The molecule has 0 aliphatic carbocycles. The number of carbonyl (C=O) groups excluding carboxylic acids is 1. The maximum absolute atomic E-state index is 11.9. The first-order valence-electron chi connectivity index (χ1n) is 6.01. The summed E-state index contributed by atoms with van der Waals surface area (Å²) in [5.74, 6) is -0.164. The third-order valence-electron chi connectivity index (χ3n) is 2.53. The van der Waals surface area contributed by atoms with E-state index in [1.165, 1.54) is 18.2 Å². The molecule has 0 radical (unpaired) electrons. The molecule has 20 heavy (non-hydrogen) atoms. The Morgan fingerprint density at radius 2 is 1.75 bits per heavy atom. The average Bonchev–Trinajstić information content (AvgIpc) is 2.45. The number of non-ortho nitro benzene ring substituents is 1. The van der Waals surface area contributed by atoms with Gasteiger partial charge >= 0.3 is 0 Å². The zero-order valence-corrected chi connectivity index (χ0v) is 11.1. The summed E-state index contributed by atoms with van der Waals surface area (Å²) in [6, 6.07) is 5.98. The van der Waals surface area contributed by atoms with Crippen LogP contribution in [0.15, 0.2) is 55.7 Å². The van der Waals surface area contributed by atoms with Gasteiger partial charge < -0.3 is 4.90 Å². The summed E-state index contributed by atoms with van der Waals surface area (Å²) in [6.45, 7) is 8.07. The second kappa shape index (κ2) is 7.68. The van der Waals surface area contributed by atoms with E-state index in [9.17, 15) is 14.9 Å². The van der Waals surface area contributed by atoms with Crippen LogP contribution in [0, 0.1) is 10.1 Å². The summed E-state index contributed by atoms with van der Waals surface area (Å²) in [6.07, 6.45) is 6.32. The van der Waals surface area contributed by atoms with Gasteiger partial charge in [0.2, 0.25) is 5.91 Å². The van der Waals surface area contributed by atoms with Gasteiger partial charge in [-0.15, -0.1) is 13.2 Å². The van der Waals surface area contributed by atoms with Crippen molar-refractivity contribution in [3.8, 4) is 0 Å². The molecular weight excluding hydrogens is 256 g/mol. The quantitative estimate of drug-likeness (QED) is 0.332. The Hall–Kier alpha value is -2.69. The zero-order valence-electron chi connectivity index (χ0n) is 11.1. The van der Waals surface area contributed by atoms with Crippen LogP contribution in [0.5, 0.6) is 0 Å². The average molecular weight is 272 g/mol. The summed E-state index contributed by atoms with van der Waals surface area (Å²) < 4.78 is 0. The fourth-order valence-electron chi connectivity index (χ4n) is 1.55. The van der Waals surface area contributed by atoms with Gasteiger partial charge in [0, 0.05) is 31.3 Å². The molecule has 1 amide bonds. The maximum atomic E-state index is 11.9. The predicted octanol–water partition coefficient (Wildman–Crippen LogP) is 2.81. The van der Waals surface area contributed by atoms with Crippen molar-refractivity contribution in [3.05, 3.63) is 71.3 Å². The van der Waals surface area contributed by atoms with Gasteiger partial charge in [0.25, 0.3) is 5.69 Å². The summed E-state index contributed by atoms with van der Waals surface area (Å²) >= 11 is 0. The summed E-state index contributed by atoms with van der Waals surface area (Å²) in [4.78, 5) is 23.5. The van der Waals surface area contributed by atoms with E-state index in [1.807, 2.05) is 0 Å². The van der Waals surface area contributed by atoms with E-state index in [1.54, 1.807) is 35.3 Å². The molecule has 0 aromatic heterocycles. The second-order valence-electron chi connectivity index (χ2n) is 4.00. The molecule has 0 atom stereocenters. The van der Waals surface area contributed by atoms with Gasteiger partial charge in [-0.2, -0.15) is 0 Å². The first-order valence-corrected chi connectivity index (χ1v) is 6.01. The molecule has 0 heterocycles. The standard InChI is InChI=1S/C15H16N2O3/c1-3-11-16(12-4-2)15(18)10-7-13-5-8-14(9-6-13)17(19)20/h3-10H,1-2,11-12H2. The van der Waals surface area contributed by atoms with Crippen LogP contribution in [-0.4, -0.2) is 28.8 Å². The van der Waals surface area contributed by atoms with E-state index in [0.29, 0.717) is 13.1 Å². The highest BCUT2D eigenvalue weighted by Crippen LogP contribution is 2.12.